The van der Waals surface area contributed by atoms with E-state index >= 15 is 0 Å². The first-order valence-corrected chi connectivity index (χ1v) is 8.68. The molecule has 1 aromatic heterocycles. The molecule has 20 heavy (non-hydrogen) atoms. The highest BCUT2D eigenvalue weighted by Gasteiger charge is 2.36. The third-order valence-electron chi connectivity index (χ3n) is 3.42. The molecule has 2 heterocycles. The van der Waals surface area contributed by atoms with E-state index in [-0.39, 0.29) is 17.0 Å². The zero-order valence-electron chi connectivity index (χ0n) is 11.7. The number of aromatic nitrogens is 2. The van der Waals surface area contributed by atoms with Gasteiger partial charge in [-0.3, -0.25) is 4.68 Å². The van der Waals surface area contributed by atoms with Crippen LogP contribution in [0.25, 0.3) is 0 Å². The van der Waals surface area contributed by atoms with Crippen molar-refractivity contribution in [3.8, 4) is 0 Å². The molecule has 2 rings (SSSR count). The standard InChI is InChI=1S/C12H20ClN3O3S/c1-3-11-9-19-10(2)7-16(11)20(17,18)12-6-14-15(8-12)5-4-13/h6,8,10-11H,3-5,7,9H2,1-2H3. The number of hydrogen-bond donors (Lipinski definition) is 0. The minimum atomic E-state index is -3.53. The van der Waals surface area contributed by atoms with Crippen LogP contribution in [-0.2, 0) is 21.3 Å². The molecular weight excluding hydrogens is 302 g/mol. The first-order chi connectivity index (χ1) is 9.48. The molecule has 2 atom stereocenters. The molecule has 0 aliphatic carbocycles. The summed E-state index contributed by atoms with van der Waals surface area (Å²) >= 11 is 5.64. The molecule has 1 aliphatic heterocycles. The summed E-state index contributed by atoms with van der Waals surface area (Å²) < 4.78 is 34.0. The van der Waals surface area contributed by atoms with Crippen molar-refractivity contribution in [3.63, 3.8) is 0 Å². The first kappa shape index (κ1) is 15.8. The molecule has 1 aliphatic rings. The van der Waals surface area contributed by atoms with Gasteiger partial charge in [0.25, 0.3) is 0 Å². The number of morpholine rings is 1. The molecule has 0 aromatic carbocycles. The molecule has 0 amide bonds. The second-order valence-electron chi connectivity index (χ2n) is 4.91. The van der Waals surface area contributed by atoms with Crippen molar-refractivity contribution in [2.45, 2.75) is 43.9 Å². The highest BCUT2D eigenvalue weighted by molar-refractivity contribution is 7.89. The van der Waals surface area contributed by atoms with Gasteiger partial charge in [-0.15, -0.1) is 11.6 Å². The van der Waals surface area contributed by atoms with Crippen molar-refractivity contribution >= 4 is 21.6 Å². The molecule has 1 saturated heterocycles. The van der Waals surface area contributed by atoms with E-state index in [1.807, 2.05) is 13.8 Å². The van der Waals surface area contributed by atoms with Gasteiger partial charge in [-0.05, 0) is 13.3 Å². The topological polar surface area (TPSA) is 64.4 Å². The zero-order valence-corrected chi connectivity index (χ0v) is 13.3. The zero-order chi connectivity index (χ0) is 14.8. The van der Waals surface area contributed by atoms with Crippen molar-refractivity contribution in [1.82, 2.24) is 14.1 Å². The largest absolute Gasteiger partial charge is 0.375 e. The van der Waals surface area contributed by atoms with Gasteiger partial charge in [0.15, 0.2) is 0 Å². The van der Waals surface area contributed by atoms with E-state index < -0.39 is 10.0 Å². The maximum atomic E-state index is 12.7. The van der Waals surface area contributed by atoms with E-state index in [1.165, 1.54) is 16.7 Å². The fraction of sp³-hybridized carbons (Fsp3) is 0.750. The lowest BCUT2D eigenvalue weighted by atomic mass is 10.2. The smallest absolute Gasteiger partial charge is 0.246 e. The van der Waals surface area contributed by atoms with Gasteiger partial charge in [-0.2, -0.15) is 9.40 Å². The Morgan fingerprint density at radius 1 is 1.55 bits per heavy atom. The lowest BCUT2D eigenvalue weighted by molar-refractivity contribution is -0.0230. The molecule has 2 unspecified atom stereocenters. The third kappa shape index (κ3) is 3.16. The number of ether oxygens (including phenoxy) is 1. The lowest BCUT2D eigenvalue weighted by Gasteiger charge is -2.36. The van der Waals surface area contributed by atoms with Crippen LogP contribution in [0.4, 0.5) is 0 Å². The van der Waals surface area contributed by atoms with E-state index in [0.29, 0.717) is 25.6 Å². The molecule has 6 nitrogen and oxygen atoms in total. The fourth-order valence-electron chi connectivity index (χ4n) is 2.25. The summed E-state index contributed by atoms with van der Waals surface area (Å²) in [6, 6.07) is -0.118. The number of hydrogen-bond acceptors (Lipinski definition) is 4. The predicted octanol–water partition coefficient (Wildman–Crippen LogP) is 1.31. The first-order valence-electron chi connectivity index (χ1n) is 6.71. The van der Waals surface area contributed by atoms with Crippen LogP contribution in [0.2, 0.25) is 0 Å². The quantitative estimate of drug-likeness (QED) is 0.767. The predicted molar refractivity (Wildman–Crippen MR) is 76.3 cm³/mol. The molecule has 0 bridgehead atoms. The Hall–Kier alpha value is -0.630. The second kappa shape index (κ2) is 6.43. The van der Waals surface area contributed by atoms with Gasteiger partial charge in [0.2, 0.25) is 10.0 Å². The Morgan fingerprint density at radius 3 is 2.95 bits per heavy atom. The van der Waals surface area contributed by atoms with Gasteiger partial charge in [0, 0.05) is 24.7 Å². The van der Waals surface area contributed by atoms with Gasteiger partial charge >= 0.3 is 0 Å². The summed E-state index contributed by atoms with van der Waals surface area (Å²) in [6.07, 6.45) is 3.55. The maximum absolute atomic E-state index is 12.7. The number of sulfonamides is 1. The van der Waals surface area contributed by atoms with Crippen LogP contribution >= 0.6 is 11.6 Å². The van der Waals surface area contributed by atoms with E-state index in [9.17, 15) is 8.42 Å². The second-order valence-corrected chi connectivity index (χ2v) is 7.18. The van der Waals surface area contributed by atoms with Gasteiger partial charge in [0.05, 0.1) is 25.5 Å². The van der Waals surface area contributed by atoms with Crippen LogP contribution in [0.1, 0.15) is 20.3 Å². The Labute approximate surface area is 124 Å². The van der Waals surface area contributed by atoms with Crippen LogP contribution in [0.15, 0.2) is 17.3 Å². The molecule has 114 valence electrons. The number of halogens is 1. The summed E-state index contributed by atoms with van der Waals surface area (Å²) in [4.78, 5) is 0.218. The van der Waals surface area contributed by atoms with Gasteiger partial charge in [0.1, 0.15) is 4.90 Å². The lowest BCUT2D eigenvalue weighted by Crippen LogP contribution is -2.51. The summed E-state index contributed by atoms with van der Waals surface area (Å²) in [6.45, 7) is 5.15. The molecular formula is C12H20ClN3O3S. The Morgan fingerprint density at radius 2 is 2.30 bits per heavy atom. The summed E-state index contributed by atoms with van der Waals surface area (Å²) in [5.74, 6) is 0.396. The van der Waals surface area contributed by atoms with Crippen LogP contribution < -0.4 is 0 Å². The van der Waals surface area contributed by atoms with Crippen LogP contribution in [-0.4, -0.2) is 53.7 Å². The third-order valence-corrected chi connectivity index (χ3v) is 5.46. The molecule has 0 spiro atoms. The van der Waals surface area contributed by atoms with Crippen LogP contribution in [0, 0.1) is 0 Å². The normalized spacial score (nSPS) is 24.9. The van der Waals surface area contributed by atoms with E-state index in [0.717, 1.165) is 6.42 Å². The van der Waals surface area contributed by atoms with E-state index in [4.69, 9.17) is 16.3 Å². The molecule has 0 saturated carbocycles. The fourth-order valence-corrected chi connectivity index (χ4v) is 4.14. The number of alkyl halides is 1. The van der Waals surface area contributed by atoms with Gasteiger partial charge in [-0.1, -0.05) is 6.92 Å². The van der Waals surface area contributed by atoms with E-state index in [1.54, 1.807) is 4.68 Å². The Balaban J connectivity index is 2.26. The summed E-state index contributed by atoms with van der Waals surface area (Å²) in [5, 5.41) is 4.03. The maximum Gasteiger partial charge on any atom is 0.246 e. The number of aryl methyl sites for hydroxylation is 1. The minimum Gasteiger partial charge on any atom is -0.375 e. The minimum absolute atomic E-state index is 0.0922. The van der Waals surface area contributed by atoms with E-state index in [2.05, 4.69) is 5.10 Å². The summed E-state index contributed by atoms with van der Waals surface area (Å²) in [7, 11) is -3.53. The highest BCUT2D eigenvalue weighted by atomic mass is 35.5. The molecule has 0 N–H and O–H groups in total. The van der Waals surface area contributed by atoms with Crippen molar-refractivity contribution in [1.29, 1.82) is 0 Å². The Bertz CT molecular complexity index is 546. The van der Waals surface area contributed by atoms with Crippen LogP contribution in [0.5, 0.6) is 0 Å². The number of rotatable bonds is 5. The van der Waals surface area contributed by atoms with Crippen molar-refractivity contribution in [3.05, 3.63) is 12.4 Å². The van der Waals surface area contributed by atoms with Crippen LogP contribution in [0.3, 0.4) is 0 Å². The molecule has 0 radical (unpaired) electrons. The monoisotopic (exact) mass is 321 g/mol. The average Bonchev–Trinajstić information content (AvgIpc) is 2.88. The van der Waals surface area contributed by atoms with Gasteiger partial charge in [-0.25, -0.2) is 8.42 Å². The SMILES string of the molecule is CCC1COC(C)CN1S(=O)(=O)c1cnn(CCCl)c1. The molecule has 8 heteroatoms. The molecule has 1 aromatic rings. The highest BCUT2D eigenvalue weighted by Crippen LogP contribution is 2.23. The summed E-state index contributed by atoms with van der Waals surface area (Å²) in [5.41, 5.74) is 0. The van der Waals surface area contributed by atoms with Crippen molar-refractivity contribution in [2.75, 3.05) is 19.0 Å². The molecule has 1 fully saturated rings. The van der Waals surface area contributed by atoms with Crippen molar-refractivity contribution < 1.29 is 13.2 Å². The average molecular weight is 322 g/mol. The van der Waals surface area contributed by atoms with Crippen molar-refractivity contribution in [2.24, 2.45) is 0 Å². The van der Waals surface area contributed by atoms with Gasteiger partial charge < -0.3 is 4.74 Å². The number of nitrogens with zero attached hydrogens (tertiary/aromatic N) is 3. The Kier molecular flexibility index (Phi) is 5.06.